The van der Waals surface area contributed by atoms with Crippen LogP contribution >= 0.6 is 0 Å². The summed E-state index contributed by atoms with van der Waals surface area (Å²) in [7, 11) is 1.98. The van der Waals surface area contributed by atoms with Crippen molar-refractivity contribution in [3.8, 4) is 11.4 Å². The van der Waals surface area contributed by atoms with Crippen molar-refractivity contribution in [2.45, 2.75) is 6.92 Å². The molecule has 3 rings (SSSR count). The van der Waals surface area contributed by atoms with Gasteiger partial charge in [-0.1, -0.05) is 6.07 Å². The lowest BCUT2D eigenvalue weighted by atomic mass is 10.2. The Hall–Kier alpha value is -2.56. The largest absolute Gasteiger partial charge is 0.384 e. The van der Waals surface area contributed by atoms with Crippen molar-refractivity contribution in [3.05, 3.63) is 36.0 Å². The molecule has 0 atom stereocenters. The SMILES string of the molecule is Cc1ccc(-c2cc3cnc(N)cc3n2C)nc1N. The Morgan fingerprint density at radius 2 is 1.95 bits per heavy atom. The molecule has 0 amide bonds. The Morgan fingerprint density at radius 3 is 2.68 bits per heavy atom. The van der Waals surface area contributed by atoms with Gasteiger partial charge in [-0.25, -0.2) is 9.97 Å². The second kappa shape index (κ2) is 3.98. The fourth-order valence-corrected chi connectivity index (χ4v) is 2.18. The van der Waals surface area contributed by atoms with E-state index in [9.17, 15) is 0 Å². The molecule has 3 aromatic rings. The highest BCUT2D eigenvalue weighted by Crippen LogP contribution is 2.27. The molecule has 0 saturated heterocycles. The highest BCUT2D eigenvalue weighted by atomic mass is 15.0. The standard InChI is InChI=1S/C14H15N5/c1-8-3-4-10(18-14(8)16)12-5-9-7-17-13(15)6-11(9)19(12)2/h3-7H,1-2H3,(H2,15,17)(H2,16,18). The van der Waals surface area contributed by atoms with Crippen molar-refractivity contribution < 1.29 is 0 Å². The summed E-state index contributed by atoms with van der Waals surface area (Å²) < 4.78 is 2.05. The highest BCUT2D eigenvalue weighted by Gasteiger charge is 2.10. The minimum atomic E-state index is 0.511. The van der Waals surface area contributed by atoms with Crippen LogP contribution in [0.1, 0.15) is 5.56 Å². The van der Waals surface area contributed by atoms with Gasteiger partial charge >= 0.3 is 0 Å². The number of nitrogens with two attached hydrogens (primary N) is 2. The summed E-state index contributed by atoms with van der Waals surface area (Å²) in [6, 6.07) is 7.84. The average molecular weight is 253 g/mol. The van der Waals surface area contributed by atoms with E-state index < -0.39 is 0 Å². The monoisotopic (exact) mass is 253 g/mol. The summed E-state index contributed by atoms with van der Waals surface area (Å²) in [6.45, 7) is 1.94. The number of hydrogen-bond acceptors (Lipinski definition) is 4. The number of pyridine rings is 2. The number of nitrogen functional groups attached to an aromatic ring is 2. The van der Waals surface area contributed by atoms with Crippen LogP contribution < -0.4 is 11.5 Å². The van der Waals surface area contributed by atoms with Gasteiger partial charge in [-0.05, 0) is 24.6 Å². The molecule has 0 bridgehead atoms. The molecule has 0 aliphatic rings. The Bertz CT molecular complexity index is 773. The topological polar surface area (TPSA) is 82.8 Å². The first-order valence-corrected chi connectivity index (χ1v) is 6.00. The third-order valence-corrected chi connectivity index (χ3v) is 3.35. The van der Waals surface area contributed by atoms with Crippen LogP contribution in [-0.2, 0) is 7.05 Å². The summed E-state index contributed by atoms with van der Waals surface area (Å²) >= 11 is 0. The number of fused-ring (bicyclic) bond motifs is 1. The summed E-state index contributed by atoms with van der Waals surface area (Å²) in [6.07, 6.45) is 1.77. The van der Waals surface area contributed by atoms with E-state index in [4.69, 9.17) is 11.5 Å². The zero-order valence-electron chi connectivity index (χ0n) is 10.9. The van der Waals surface area contributed by atoms with Crippen LogP contribution in [0, 0.1) is 6.92 Å². The van der Waals surface area contributed by atoms with Gasteiger partial charge in [0.15, 0.2) is 0 Å². The normalized spacial score (nSPS) is 11.1. The van der Waals surface area contributed by atoms with Crippen molar-refractivity contribution >= 4 is 22.5 Å². The van der Waals surface area contributed by atoms with Crippen molar-refractivity contribution in [1.82, 2.24) is 14.5 Å². The number of nitrogens with zero attached hydrogens (tertiary/aromatic N) is 3. The van der Waals surface area contributed by atoms with Gasteiger partial charge in [0.1, 0.15) is 11.6 Å². The zero-order chi connectivity index (χ0) is 13.6. The van der Waals surface area contributed by atoms with Gasteiger partial charge in [0.05, 0.1) is 16.9 Å². The highest BCUT2D eigenvalue weighted by molar-refractivity contribution is 5.87. The van der Waals surface area contributed by atoms with Crippen molar-refractivity contribution in [3.63, 3.8) is 0 Å². The van der Waals surface area contributed by atoms with Gasteiger partial charge in [-0.3, -0.25) is 0 Å². The van der Waals surface area contributed by atoms with E-state index in [0.29, 0.717) is 11.6 Å². The molecule has 4 N–H and O–H groups in total. The summed E-state index contributed by atoms with van der Waals surface area (Å²) in [5, 5.41) is 1.03. The maximum absolute atomic E-state index is 5.87. The van der Waals surface area contributed by atoms with E-state index in [-0.39, 0.29) is 0 Å². The third kappa shape index (κ3) is 1.79. The lowest BCUT2D eigenvalue weighted by Crippen LogP contribution is -1.98. The number of hydrogen-bond donors (Lipinski definition) is 2. The quantitative estimate of drug-likeness (QED) is 0.695. The van der Waals surface area contributed by atoms with Gasteiger partial charge in [0, 0.05) is 24.7 Å². The molecule has 5 heteroatoms. The minimum absolute atomic E-state index is 0.511. The maximum atomic E-state index is 5.87. The first-order valence-electron chi connectivity index (χ1n) is 6.00. The molecule has 0 aliphatic carbocycles. The molecule has 96 valence electrons. The molecule has 0 unspecified atom stereocenters. The Labute approximate surface area is 110 Å². The molecule has 5 nitrogen and oxygen atoms in total. The van der Waals surface area contributed by atoms with E-state index in [1.165, 1.54) is 0 Å². The Kier molecular flexibility index (Phi) is 2.41. The van der Waals surface area contributed by atoms with E-state index in [1.807, 2.05) is 42.8 Å². The number of aromatic nitrogens is 3. The molecular weight excluding hydrogens is 238 g/mol. The lowest BCUT2D eigenvalue weighted by molar-refractivity contribution is 0.970. The Morgan fingerprint density at radius 1 is 1.16 bits per heavy atom. The summed E-state index contributed by atoms with van der Waals surface area (Å²) in [5.74, 6) is 1.07. The van der Waals surface area contributed by atoms with Crippen LogP contribution in [0.15, 0.2) is 30.5 Å². The van der Waals surface area contributed by atoms with E-state index in [1.54, 1.807) is 6.20 Å². The molecule has 0 spiro atoms. The molecule has 0 fully saturated rings. The second-order valence-corrected chi connectivity index (χ2v) is 4.66. The summed E-state index contributed by atoms with van der Waals surface area (Å²) in [4.78, 5) is 8.53. The van der Waals surface area contributed by atoms with E-state index in [2.05, 4.69) is 9.97 Å². The molecule has 0 aliphatic heterocycles. The molecular formula is C14H15N5. The molecule has 3 heterocycles. The smallest absolute Gasteiger partial charge is 0.127 e. The first kappa shape index (κ1) is 11.5. The Balaban J connectivity index is 2.24. The zero-order valence-corrected chi connectivity index (χ0v) is 10.9. The van der Waals surface area contributed by atoms with Crippen LogP contribution in [0.5, 0.6) is 0 Å². The first-order chi connectivity index (χ1) is 9.06. The fourth-order valence-electron chi connectivity index (χ4n) is 2.18. The van der Waals surface area contributed by atoms with Crippen LogP contribution in [0.2, 0.25) is 0 Å². The third-order valence-electron chi connectivity index (χ3n) is 3.35. The van der Waals surface area contributed by atoms with Crippen LogP contribution in [-0.4, -0.2) is 14.5 Å². The summed E-state index contributed by atoms with van der Waals surface area (Å²) in [5.41, 5.74) is 15.5. The van der Waals surface area contributed by atoms with E-state index >= 15 is 0 Å². The molecule has 0 radical (unpaired) electrons. The van der Waals surface area contributed by atoms with Crippen molar-refractivity contribution in [1.29, 1.82) is 0 Å². The molecule has 0 aromatic carbocycles. The van der Waals surface area contributed by atoms with Gasteiger partial charge < -0.3 is 16.0 Å². The number of anilines is 2. The van der Waals surface area contributed by atoms with Crippen molar-refractivity contribution in [2.75, 3.05) is 11.5 Å². The second-order valence-electron chi connectivity index (χ2n) is 4.66. The van der Waals surface area contributed by atoms with Crippen LogP contribution in [0.4, 0.5) is 11.6 Å². The van der Waals surface area contributed by atoms with Gasteiger partial charge in [0.2, 0.25) is 0 Å². The lowest BCUT2D eigenvalue weighted by Gasteiger charge is -2.06. The van der Waals surface area contributed by atoms with Crippen LogP contribution in [0.25, 0.3) is 22.3 Å². The fraction of sp³-hybridized carbons (Fsp3) is 0.143. The number of rotatable bonds is 1. The van der Waals surface area contributed by atoms with Gasteiger partial charge in [-0.15, -0.1) is 0 Å². The van der Waals surface area contributed by atoms with Crippen LogP contribution in [0.3, 0.4) is 0 Å². The molecule has 3 aromatic heterocycles. The molecule has 19 heavy (non-hydrogen) atoms. The van der Waals surface area contributed by atoms with E-state index in [0.717, 1.165) is 27.9 Å². The predicted octanol–water partition coefficient (Wildman–Crippen LogP) is 2.11. The molecule has 0 saturated carbocycles. The van der Waals surface area contributed by atoms with Crippen molar-refractivity contribution in [2.24, 2.45) is 7.05 Å². The maximum Gasteiger partial charge on any atom is 0.127 e. The predicted molar refractivity (Wildman–Crippen MR) is 77.5 cm³/mol. The average Bonchev–Trinajstić information content (AvgIpc) is 2.70. The minimum Gasteiger partial charge on any atom is -0.384 e. The van der Waals surface area contributed by atoms with Gasteiger partial charge in [0.25, 0.3) is 0 Å². The van der Waals surface area contributed by atoms with Gasteiger partial charge in [-0.2, -0.15) is 0 Å². The number of aryl methyl sites for hydroxylation is 2.